The number of nitrogens with two attached hydrogens (primary N) is 1. The van der Waals surface area contributed by atoms with Gasteiger partial charge in [-0.05, 0) is 67.2 Å². The average molecular weight is 436 g/mol. The van der Waals surface area contributed by atoms with Gasteiger partial charge in [0.2, 0.25) is 11.7 Å². The number of carbonyl (C=O) groups excluding carboxylic acids is 1. The molecule has 3 unspecified atom stereocenters. The molecule has 5 nitrogen and oxygen atoms in total. The number of amides is 1. The van der Waals surface area contributed by atoms with E-state index in [0.717, 1.165) is 24.4 Å². The number of halogens is 2. The second kappa shape index (κ2) is 9.75. The van der Waals surface area contributed by atoms with Crippen molar-refractivity contribution < 1.29 is 18.3 Å². The molecule has 3 atom stereocenters. The minimum atomic E-state index is -1.01. The number of carbonyl (C=O) groups is 1. The molecule has 1 amide bonds. The molecular formula is C22H27F2N3O2S. The first kappa shape index (κ1) is 22.5. The first-order chi connectivity index (χ1) is 14.3. The highest BCUT2D eigenvalue weighted by atomic mass is 32.2. The normalized spacial score (nSPS) is 21.5. The van der Waals surface area contributed by atoms with Crippen molar-refractivity contribution in [2.75, 3.05) is 12.4 Å². The summed E-state index contributed by atoms with van der Waals surface area (Å²) in [7, 11) is 1.32. The summed E-state index contributed by atoms with van der Waals surface area (Å²) < 4.78 is 33.3. The molecule has 1 aromatic carbocycles. The average Bonchev–Trinajstić information content (AvgIpc) is 2.75. The molecule has 3 N–H and O–H groups in total. The van der Waals surface area contributed by atoms with Crippen molar-refractivity contribution in [1.29, 1.82) is 0 Å². The molecule has 1 aromatic heterocycles. The number of aromatic nitrogens is 1. The van der Waals surface area contributed by atoms with Gasteiger partial charge in [-0.3, -0.25) is 9.93 Å². The Morgan fingerprint density at radius 3 is 2.73 bits per heavy atom. The largest absolute Gasteiger partial charge is 0.493 e. The fourth-order valence-corrected chi connectivity index (χ4v) is 4.62. The Kier molecular flexibility index (Phi) is 7.31. The highest BCUT2D eigenvalue weighted by Crippen LogP contribution is 2.46. The lowest BCUT2D eigenvalue weighted by Crippen LogP contribution is -2.35. The van der Waals surface area contributed by atoms with Crippen LogP contribution < -0.4 is 15.2 Å². The van der Waals surface area contributed by atoms with E-state index in [1.54, 1.807) is 18.3 Å². The van der Waals surface area contributed by atoms with E-state index in [1.807, 2.05) is 0 Å². The van der Waals surface area contributed by atoms with Crippen molar-refractivity contribution in [3.63, 3.8) is 0 Å². The maximum atomic E-state index is 14.4. The number of nitrogens with zero attached hydrogens (tertiary/aromatic N) is 1. The smallest absolute Gasteiger partial charge is 0.228 e. The minimum Gasteiger partial charge on any atom is -0.493 e. The number of anilines is 1. The Morgan fingerprint density at radius 1 is 1.30 bits per heavy atom. The molecule has 0 bridgehead atoms. The Hall–Kier alpha value is -2.19. The number of pyridine rings is 1. The minimum absolute atomic E-state index is 0.119. The quantitative estimate of drug-likeness (QED) is 0.615. The molecular weight excluding hydrogens is 408 g/mol. The van der Waals surface area contributed by atoms with Crippen LogP contribution >= 0.6 is 11.9 Å². The van der Waals surface area contributed by atoms with Crippen LogP contribution in [0, 0.1) is 29.4 Å². The highest BCUT2D eigenvalue weighted by molar-refractivity contribution is 7.97. The van der Waals surface area contributed by atoms with Gasteiger partial charge in [0.1, 0.15) is 5.03 Å². The molecule has 0 saturated heterocycles. The predicted molar refractivity (Wildman–Crippen MR) is 114 cm³/mol. The fourth-order valence-electron chi connectivity index (χ4n) is 4.30. The van der Waals surface area contributed by atoms with E-state index < -0.39 is 17.6 Å². The van der Waals surface area contributed by atoms with Crippen molar-refractivity contribution >= 4 is 23.5 Å². The molecule has 162 valence electrons. The maximum absolute atomic E-state index is 14.4. The number of nitrogens with one attached hydrogen (secondary N) is 1. The van der Waals surface area contributed by atoms with Crippen LogP contribution in [0.25, 0.3) is 0 Å². The lowest BCUT2D eigenvalue weighted by molar-refractivity contribution is -0.122. The van der Waals surface area contributed by atoms with Crippen LogP contribution in [0.15, 0.2) is 35.5 Å². The number of hydrogen-bond acceptors (Lipinski definition) is 5. The second-order valence-electron chi connectivity index (χ2n) is 8.00. The number of hydrogen-bond donors (Lipinski definition) is 2. The third-order valence-electron chi connectivity index (χ3n) is 5.98. The third kappa shape index (κ3) is 4.75. The van der Waals surface area contributed by atoms with Gasteiger partial charge in [0.25, 0.3) is 0 Å². The first-order valence-corrected chi connectivity index (χ1v) is 10.9. The molecule has 3 rings (SSSR count). The van der Waals surface area contributed by atoms with Gasteiger partial charge in [0.05, 0.1) is 7.11 Å². The van der Waals surface area contributed by atoms with Crippen molar-refractivity contribution in [2.45, 2.75) is 44.1 Å². The Morgan fingerprint density at radius 2 is 2.07 bits per heavy atom. The summed E-state index contributed by atoms with van der Waals surface area (Å²) in [5.41, 5.74) is 1.14. The van der Waals surface area contributed by atoms with Crippen LogP contribution in [0.2, 0.25) is 0 Å². The first-order valence-electron chi connectivity index (χ1n) is 10.0. The Balaban J connectivity index is 1.93. The third-order valence-corrected chi connectivity index (χ3v) is 6.44. The van der Waals surface area contributed by atoms with E-state index in [9.17, 15) is 13.6 Å². The molecule has 1 fully saturated rings. The van der Waals surface area contributed by atoms with E-state index in [4.69, 9.17) is 9.88 Å². The Labute approximate surface area is 179 Å². The number of methoxy groups -OCH3 is 1. The summed E-state index contributed by atoms with van der Waals surface area (Å²) in [5.74, 6) is -2.12. The molecule has 0 spiro atoms. The van der Waals surface area contributed by atoms with Gasteiger partial charge in [-0.1, -0.05) is 19.9 Å². The van der Waals surface area contributed by atoms with Gasteiger partial charge < -0.3 is 10.1 Å². The lowest BCUT2D eigenvalue weighted by Gasteiger charge is -2.37. The topological polar surface area (TPSA) is 77.2 Å². The summed E-state index contributed by atoms with van der Waals surface area (Å²) in [4.78, 5) is 17.4. The van der Waals surface area contributed by atoms with Crippen LogP contribution in [0.4, 0.5) is 14.5 Å². The monoisotopic (exact) mass is 435 g/mol. The fraction of sp³-hybridized carbons (Fsp3) is 0.455. The summed E-state index contributed by atoms with van der Waals surface area (Å²) >= 11 is 0.999. The van der Waals surface area contributed by atoms with Gasteiger partial charge in [0.15, 0.2) is 11.6 Å². The lowest BCUT2D eigenvalue weighted by atomic mass is 9.68. The van der Waals surface area contributed by atoms with Gasteiger partial charge in [-0.2, -0.15) is 4.39 Å². The van der Waals surface area contributed by atoms with Crippen LogP contribution in [0.3, 0.4) is 0 Å². The van der Waals surface area contributed by atoms with Crippen LogP contribution in [0.5, 0.6) is 5.75 Å². The number of ether oxygens (including phenoxy) is 1. The van der Waals surface area contributed by atoms with E-state index in [1.165, 1.54) is 13.2 Å². The van der Waals surface area contributed by atoms with Gasteiger partial charge >= 0.3 is 0 Å². The number of benzene rings is 1. The Bertz CT molecular complexity index is 910. The van der Waals surface area contributed by atoms with Crippen molar-refractivity contribution in [3.05, 3.63) is 47.7 Å². The van der Waals surface area contributed by atoms with Crippen molar-refractivity contribution in [1.82, 2.24) is 4.98 Å². The van der Waals surface area contributed by atoms with E-state index in [2.05, 4.69) is 24.1 Å². The zero-order valence-corrected chi connectivity index (χ0v) is 18.1. The van der Waals surface area contributed by atoms with Crippen LogP contribution in [-0.4, -0.2) is 18.0 Å². The van der Waals surface area contributed by atoms with E-state index in [0.29, 0.717) is 41.0 Å². The van der Waals surface area contributed by atoms with Crippen LogP contribution in [0.1, 0.15) is 44.6 Å². The summed E-state index contributed by atoms with van der Waals surface area (Å²) in [6, 6.07) is 6.05. The molecule has 30 heavy (non-hydrogen) atoms. The second-order valence-corrected chi connectivity index (χ2v) is 8.66. The molecule has 0 aliphatic heterocycles. The summed E-state index contributed by atoms with van der Waals surface area (Å²) in [6.07, 6.45) is 3.86. The SMILES string of the molecule is COc1c(C2CCC(C(C)C)CC2C(=O)Nc2ccnc(SN)c2)ccc(F)c1F. The van der Waals surface area contributed by atoms with Gasteiger partial charge in [-0.25, -0.2) is 9.37 Å². The van der Waals surface area contributed by atoms with Crippen LogP contribution in [-0.2, 0) is 4.79 Å². The van der Waals surface area contributed by atoms with Crippen molar-refractivity contribution in [2.24, 2.45) is 22.9 Å². The van der Waals surface area contributed by atoms with Gasteiger partial charge in [-0.15, -0.1) is 0 Å². The van der Waals surface area contributed by atoms with E-state index in [-0.39, 0.29) is 17.6 Å². The standard InChI is InChI=1S/C22H27F2N3O2S/c1-12(2)13-4-5-15(16-6-7-18(23)20(24)21(16)29-3)17(10-13)22(28)27-14-8-9-26-19(11-14)30-25/h6-9,11-13,15,17H,4-5,10,25H2,1-3H3,(H,26,27,28). The summed E-state index contributed by atoms with van der Waals surface area (Å²) in [5, 5.41) is 9.11. The van der Waals surface area contributed by atoms with Crippen molar-refractivity contribution in [3.8, 4) is 5.75 Å². The predicted octanol–water partition coefficient (Wildman–Crippen LogP) is 5.13. The maximum Gasteiger partial charge on any atom is 0.228 e. The molecule has 1 aliphatic carbocycles. The molecule has 8 heteroatoms. The number of rotatable bonds is 6. The molecule has 0 radical (unpaired) electrons. The highest BCUT2D eigenvalue weighted by Gasteiger charge is 2.39. The van der Waals surface area contributed by atoms with Gasteiger partial charge in [0, 0.05) is 23.4 Å². The molecule has 1 saturated carbocycles. The summed E-state index contributed by atoms with van der Waals surface area (Å²) in [6.45, 7) is 4.29. The molecule has 1 aliphatic rings. The molecule has 1 heterocycles. The molecule has 2 aromatic rings. The zero-order valence-electron chi connectivity index (χ0n) is 17.3. The zero-order chi connectivity index (χ0) is 21.8. The van der Waals surface area contributed by atoms with E-state index >= 15 is 0 Å².